The number of halogens is 1. The highest BCUT2D eigenvalue weighted by Crippen LogP contribution is 2.27. The van der Waals surface area contributed by atoms with E-state index < -0.39 is 6.04 Å². The summed E-state index contributed by atoms with van der Waals surface area (Å²) in [5.41, 5.74) is 6.38. The number of nitrogens with two attached hydrogens (primary N) is 1. The number of benzene rings is 1. The number of likely N-dealkylation sites (N-methyl/N-ethyl adjacent to an activating group) is 1. The Labute approximate surface area is 131 Å². The SMILES string of the molecule is CCCC(N)C(=O)Nc1ccc(OCCN(C)C)c(Cl)c1. The number of rotatable bonds is 8. The predicted octanol–water partition coefficient (Wildman–Crippen LogP) is 2.35. The monoisotopic (exact) mass is 313 g/mol. The second kappa shape index (κ2) is 8.87. The molecule has 118 valence electrons. The Morgan fingerprint density at radius 1 is 1.48 bits per heavy atom. The first-order valence-corrected chi connectivity index (χ1v) is 7.45. The number of amides is 1. The largest absolute Gasteiger partial charge is 0.491 e. The molecule has 1 aromatic carbocycles. The molecule has 0 spiro atoms. The Bertz CT molecular complexity index is 466. The van der Waals surface area contributed by atoms with Gasteiger partial charge in [0.2, 0.25) is 5.91 Å². The van der Waals surface area contributed by atoms with E-state index >= 15 is 0 Å². The van der Waals surface area contributed by atoms with E-state index in [1.165, 1.54) is 0 Å². The standard InChI is InChI=1S/C15H24ClN3O2/c1-4-5-13(17)15(20)18-11-6-7-14(12(16)10-11)21-9-8-19(2)3/h6-7,10,13H,4-5,8-9,17H2,1-3H3,(H,18,20). The van der Waals surface area contributed by atoms with Crippen molar-refractivity contribution < 1.29 is 9.53 Å². The second-order valence-electron chi connectivity index (χ2n) is 5.18. The van der Waals surface area contributed by atoms with Crippen LogP contribution in [0.25, 0.3) is 0 Å². The van der Waals surface area contributed by atoms with Crippen LogP contribution in [0.4, 0.5) is 5.69 Å². The van der Waals surface area contributed by atoms with Crippen LogP contribution in [0.3, 0.4) is 0 Å². The molecule has 6 heteroatoms. The molecule has 0 aliphatic heterocycles. The minimum Gasteiger partial charge on any atom is -0.491 e. The summed E-state index contributed by atoms with van der Waals surface area (Å²) in [5.74, 6) is 0.406. The van der Waals surface area contributed by atoms with E-state index in [1.54, 1.807) is 18.2 Å². The van der Waals surface area contributed by atoms with E-state index in [9.17, 15) is 4.79 Å². The fourth-order valence-electron chi connectivity index (χ4n) is 1.71. The van der Waals surface area contributed by atoms with Gasteiger partial charge in [-0.2, -0.15) is 0 Å². The van der Waals surface area contributed by atoms with Gasteiger partial charge in [-0.05, 0) is 38.7 Å². The maximum absolute atomic E-state index is 11.8. The Kier molecular flexibility index (Phi) is 7.50. The number of ether oxygens (including phenoxy) is 1. The van der Waals surface area contributed by atoms with Crippen LogP contribution in [-0.4, -0.2) is 44.1 Å². The molecule has 1 amide bonds. The summed E-state index contributed by atoms with van der Waals surface area (Å²) in [4.78, 5) is 13.9. The molecule has 0 bridgehead atoms. The lowest BCUT2D eigenvalue weighted by Crippen LogP contribution is -2.35. The Balaban J connectivity index is 2.59. The van der Waals surface area contributed by atoms with Gasteiger partial charge >= 0.3 is 0 Å². The van der Waals surface area contributed by atoms with Crippen LogP contribution >= 0.6 is 11.6 Å². The maximum atomic E-state index is 11.8. The van der Waals surface area contributed by atoms with E-state index in [-0.39, 0.29) is 5.91 Å². The molecular weight excluding hydrogens is 290 g/mol. The maximum Gasteiger partial charge on any atom is 0.241 e. The number of nitrogens with zero attached hydrogens (tertiary/aromatic N) is 1. The third-order valence-corrected chi connectivity index (χ3v) is 3.23. The van der Waals surface area contributed by atoms with Crippen LogP contribution in [0.1, 0.15) is 19.8 Å². The van der Waals surface area contributed by atoms with Crippen molar-refractivity contribution in [3.8, 4) is 5.75 Å². The van der Waals surface area contributed by atoms with Gasteiger partial charge in [-0.3, -0.25) is 4.79 Å². The molecule has 0 fully saturated rings. The second-order valence-corrected chi connectivity index (χ2v) is 5.59. The third-order valence-electron chi connectivity index (χ3n) is 2.93. The Hall–Kier alpha value is -1.30. The van der Waals surface area contributed by atoms with Gasteiger partial charge < -0.3 is 20.7 Å². The summed E-state index contributed by atoms with van der Waals surface area (Å²) in [5, 5.41) is 3.22. The van der Waals surface area contributed by atoms with Crippen molar-refractivity contribution in [3.05, 3.63) is 23.2 Å². The van der Waals surface area contributed by atoms with Crippen LogP contribution in [0, 0.1) is 0 Å². The minimum absolute atomic E-state index is 0.200. The first-order chi connectivity index (χ1) is 9.93. The highest BCUT2D eigenvalue weighted by Gasteiger charge is 2.13. The van der Waals surface area contributed by atoms with Gasteiger partial charge in [0.05, 0.1) is 11.1 Å². The summed E-state index contributed by atoms with van der Waals surface area (Å²) in [7, 11) is 3.95. The van der Waals surface area contributed by atoms with Gasteiger partial charge in [0.25, 0.3) is 0 Å². The summed E-state index contributed by atoms with van der Waals surface area (Å²) >= 11 is 6.15. The number of hydrogen-bond donors (Lipinski definition) is 2. The fourth-order valence-corrected chi connectivity index (χ4v) is 1.95. The van der Waals surface area contributed by atoms with Gasteiger partial charge in [0.15, 0.2) is 0 Å². The zero-order chi connectivity index (χ0) is 15.8. The molecule has 1 atom stereocenters. The van der Waals surface area contributed by atoms with Gasteiger partial charge in [-0.25, -0.2) is 0 Å². The quantitative estimate of drug-likeness (QED) is 0.773. The van der Waals surface area contributed by atoms with Gasteiger partial charge in [0, 0.05) is 12.2 Å². The number of hydrogen-bond acceptors (Lipinski definition) is 4. The third kappa shape index (κ3) is 6.33. The molecular formula is C15H24ClN3O2. The van der Waals surface area contributed by atoms with E-state index in [0.717, 1.165) is 13.0 Å². The molecule has 0 aliphatic rings. The molecule has 0 radical (unpaired) electrons. The molecule has 21 heavy (non-hydrogen) atoms. The Morgan fingerprint density at radius 3 is 2.76 bits per heavy atom. The number of nitrogens with one attached hydrogen (secondary N) is 1. The average molecular weight is 314 g/mol. The van der Waals surface area contributed by atoms with E-state index in [1.807, 2.05) is 25.9 Å². The molecule has 5 nitrogen and oxygen atoms in total. The first kappa shape index (κ1) is 17.8. The molecule has 1 unspecified atom stereocenters. The molecule has 0 saturated carbocycles. The van der Waals surface area contributed by atoms with E-state index in [0.29, 0.717) is 29.5 Å². The normalized spacial score (nSPS) is 12.3. The number of anilines is 1. The molecule has 0 aromatic heterocycles. The molecule has 0 aliphatic carbocycles. The van der Waals surface area contributed by atoms with Crippen LogP contribution in [0.15, 0.2) is 18.2 Å². The first-order valence-electron chi connectivity index (χ1n) is 7.07. The predicted molar refractivity (Wildman–Crippen MR) is 87.0 cm³/mol. The molecule has 0 saturated heterocycles. The molecule has 3 N–H and O–H groups in total. The van der Waals surface area contributed by atoms with Crippen molar-refractivity contribution in [2.24, 2.45) is 5.73 Å². The number of carbonyl (C=O) groups excluding carboxylic acids is 1. The topological polar surface area (TPSA) is 67.6 Å². The van der Waals surface area contributed by atoms with E-state index in [2.05, 4.69) is 5.32 Å². The average Bonchev–Trinajstić information content (AvgIpc) is 2.41. The van der Waals surface area contributed by atoms with Crippen LogP contribution < -0.4 is 15.8 Å². The van der Waals surface area contributed by atoms with Crippen molar-refractivity contribution in [2.45, 2.75) is 25.8 Å². The van der Waals surface area contributed by atoms with Gasteiger partial charge in [-0.1, -0.05) is 24.9 Å². The highest BCUT2D eigenvalue weighted by atomic mass is 35.5. The molecule has 0 heterocycles. The van der Waals surface area contributed by atoms with Crippen LogP contribution in [-0.2, 0) is 4.79 Å². The fraction of sp³-hybridized carbons (Fsp3) is 0.533. The Morgan fingerprint density at radius 2 is 2.19 bits per heavy atom. The summed E-state index contributed by atoms with van der Waals surface area (Å²) < 4.78 is 5.58. The minimum atomic E-state index is -0.496. The number of carbonyl (C=O) groups is 1. The zero-order valence-corrected chi connectivity index (χ0v) is 13.6. The van der Waals surface area contributed by atoms with Crippen molar-refractivity contribution in [1.29, 1.82) is 0 Å². The van der Waals surface area contributed by atoms with Crippen LogP contribution in [0.5, 0.6) is 5.75 Å². The van der Waals surface area contributed by atoms with Crippen molar-refractivity contribution in [2.75, 3.05) is 32.6 Å². The lowest BCUT2D eigenvalue weighted by Gasteiger charge is -2.14. The molecule has 1 rings (SSSR count). The highest BCUT2D eigenvalue weighted by molar-refractivity contribution is 6.32. The van der Waals surface area contributed by atoms with Crippen molar-refractivity contribution >= 4 is 23.2 Å². The van der Waals surface area contributed by atoms with E-state index in [4.69, 9.17) is 22.1 Å². The zero-order valence-electron chi connectivity index (χ0n) is 12.9. The lowest BCUT2D eigenvalue weighted by atomic mass is 10.1. The van der Waals surface area contributed by atoms with Crippen molar-refractivity contribution in [3.63, 3.8) is 0 Å². The summed E-state index contributed by atoms with van der Waals surface area (Å²) in [6.07, 6.45) is 1.53. The summed E-state index contributed by atoms with van der Waals surface area (Å²) in [6.45, 7) is 3.35. The van der Waals surface area contributed by atoms with Crippen molar-refractivity contribution in [1.82, 2.24) is 4.90 Å². The smallest absolute Gasteiger partial charge is 0.241 e. The molecule has 1 aromatic rings. The van der Waals surface area contributed by atoms with Gasteiger partial charge in [0.1, 0.15) is 12.4 Å². The van der Waals surface area contributed by atoms with Gasteiger partial charge in [-0.15, -0.1) is 0 Å². The lowest BCUT2D eigenvalue weighted by molar-refractivity contribution is -0.117. The van der Waals surface area contributed by atoms with Crippen LogP contribution in [0.2, 0.25) is 5.02 Å². The summed E-state index contributed by atoms with van der Waals surface area (Å²) in [6, 6.07) is 4.68.